The molecule has 1 aromatic heterocycles. The zero-order chi connectivity index (χ0) is 19.8. The molecule has 3 aromatic rings. The summed E-state index contributed by atoms with van der Waals surface area (Å²) in [6.07, 6.45) is 4.17. The number of nitrogens with zero attached hydrogens (tertiary/aromatic N) is 2. The van der Waals surface area contributed by atoms with Gasteiger partial charge in [0, 0.05) is 30.5 Å². The van der Waals surface area contributed by atoms with Crippen molar-refractivity contribution in [1.82, 2.24) is 9.88 Å². The predicted octanol–water partition coefficient (Wildman–Crippen LogP) is 3.74. The van der Waals surface area contributed by atoms with Crippen molar-refractivity contribution in [2.45, 2.75) is 18.5 Å². The van der Waals surface area contributed by atoms with E-state index in [4.69, 9.17) is 0 Å². The third-order valence-electron chi connectivity index (χ3n) is 6.15. The molecule has 0 bridgehead atoms. The molecular weight excluding hydrogens is 362 g/mol. The second kappa shape index (κ2) is 7.33. The molecule has 5 rings (SSSR count). The lowest BCUT2D eigenvalue weighted by atomic mass is 9.82. The fraction of sp³-hybridized carbons (Fsp3) is 0.250. The molecule has 146 valence electrons. The molecule has 2 aliphatic heterocycles. The lowest BCUT2D eigenvalue weighted by molar-refractivity contribution is 0.0700. The molecule has 3 atom stereocenters. The Bertz CT molecular complexity index is 1020. The number of aromatic nitrogens is 1. The van der Waals surface area contributed by atoms with Gasteiger partial charge < -0.3 is 15.3 Å². The maximum absolute atomic E-state index is 13.3. The molecule has 0 radical (unpaired) electrons. The number of aliphatic hydroxyl groups is 1. The van der Waals surface area contributed by atoms with Crippen molar-refractivity contribution >= 4 is 11.6 Å². The summed E-state index contributed by atoms with van der Waals surface area (Å²) in [6.45, 7) is 0.728. The number of nitrogens with one attached hydrogen (secondary N) is 1. The van der Waals surface area contributed by atoms with Gasteiger partial charge in [0.2, 0.25) is 0 Å². The minimum absolute atomic E-state index is 0.000235. The Morgan fingerprint density at radius 2 is 1.97 bits per heavy atom. The maximum Gasteiger partial charge on any atom is 0.255 e. The molecular formula is C24H23N3O2. The third kappa shape index (κ3) is 3.08. The number of fused-ring (bicyclic) bond motifs is 3. The van der Waals surface area contributed by atoms with Crippen molar-refractivity contribution in [2.75, 3.05) is 18.5 Å². The average Bonchev–Trinajstić information content (AvgIpc) is 3.24. The van der Waals surface area contributed by atoms with Crippen LogP contribution < -0.4 is 5.32 Å². The second-order valence-electron chi connectivity index (χ2n) is 7.74. The monoisotopic (exact) mass is 385 g/mol. The second-order valence-corrected chi connectivity index (χ2v) is 7.74. The summed E-state index contributed by atoms with van der Waals surface area (Å²) >= 11 is 0. The standard InChI is InChI=1S/C24H23N3O2/c28-15-22-19-10-12-27(24(29)18-7-4-11-25-14-18)23(19)20-13-17(8-9-21(20)26-22)16-5-2-1-3-6-16/h1-9,11,13-14,19,22-23,26,28H,10,12,15H2/t19-,22-,23-/m0/s1. The first-order valence-corrected chi connectivity index (χ1v) is 10.0. The molecule has 0 spiro atoms. The van der Waals surface area contributed by atoms with E-state index in [1.54, 1.807) is 18.5 Å². The lowest BCUT2D eigenvalue weighted by Crippen LogP contribution is -2.42. The van der Waals surface area contributed by atoms with Gasteiger partial charge in [-0.2, -0.15) is 0 Å². The van der Waals surface area contributed by atoms with Crippen LogP contribution in [0.4, 0.5) is 5.69 Å². The summed E-state index contributed by atoms with van der Waals surface area (Å²) < 4.78 is 0. The molecule has 0 saturated carbocycles. The van der Waals surface area contributed by atoms with Gasteiger partial charge in [-0.15, -0.1) is 0 Å². The molecule has 2 aromatic carbocycles. The van der Waals surface area contributed by atoms with E-state index in [2.05, 4.69) is 40.6 Å². The van der Waals surface area contributed by atoms with Gasteiger partial charge in [-0.05, 0) is 47.4 Å². The largest absolute Gasteiger partial charge is 0.394 e. The van der Waals surface area contributed by atoms with Crippen molar-refractivity contribution in [3.05, 3.63) is 84.2 Å². The topological polar surface area (TPSA) is 65.5 Å². The number of carbonyl (C=O) groups is 1. The van der Waals surface area contributed by atoms with Crippen LogP contribution in [0, 0.1) is 5.92 Å². The highest BCUT2D eigenvalue weighted by molar-refractivity contribution is 5.94. The van der Waals surface area contributed by atoms with Gasteiger partial charge in [0.05, 0.1) is 24.3 Å². The van der Waals surface area contributed by atoms with Crippen molar-refractivity contribution < 1.29 is 9.90 Å². The van der Waals surface area contributed by atoms with Crippen molar-refractivity contribution in [3.8, 4) is 11.1 Å². The van der Waals surface area contributed by atoms with Crippen LogP contribution in [0.15, 0.2) is 73.1 Å². The van der Waals surface area contributed by atoms with E-state index in [9.17, 15) is 9.90 Å². The molecule has 5 heteroatoms. The molecule has 1 fully saturated rings. The van der Waals surface area contributed by atoms with Gasteiger partial charge >= 0.3 is 0 Å². The van der Waals surface area contributed by atoms with E-state index in [-0.39, 0.29) is 30.5 Å². The Morgan fingerprint density at radius 1 is 1.10 bits per heavy atom. The molecule has 1 amide bonds. The predicted molar refractivity (Wildman–Crippen MR) is 112 cm³/mol. The summed E-state index contributed by atoms with van der Waals surface area (Å²) in [5.74, 6) is 0.180. The van der Waals surface area contributed by atoms with Crippen LogP contribution in [0.2, 0.25) is 0 Å². The Kier molecular flexibility index (Phi) is 4.52. The molecule has 0 aliphatic carbocycles. The Hall–Kier alpha value is -3.18. The summed E-state index contributed by atoms with van der Waals surface area (Å²) in [7, 11) is 0. The number of hydrogen-bond donors (Lipinski definition) is 2. The quantitative estimate of drug-likeness (QED) is 0.721. The van der Waals surface area contributed by atoms with Gasteiger partial charge in [-0.25, -0.2) is 0 Å². The van der Waals surface area contributed by atoms with Gasteiger partial charge in [-0.1, -0.05) is 36.4 Å². The van der Waals surface area contributed by atoms with Gasteiger partial charge in [0.15, 0.2) is 0 Å². The van der Waals surface area contributed by atoms with E-state index < -0.39 is 0 Å². The highest BCUT2D eigenvalue weighted by atomic mass is 16.3. The van der Waals surface area contributed by atoms with E-state index in [0.717, 1.165) is 28.8 Å². The number of hydrogen-bond acceptors (Lipinski definition) is 4. The van der Waals surface area contributed by atoms with Crippen LogP contribution in [0.5, 0.6) is 0 Å². The van der Waals surface area contributed by atoms with E-state index in [0.29, 0.717) is 12.1 Å². The Morgan fingerprint density at radius 3 is 2.72 bits per heavy atom. The van der Waals surface area contributed by atoms with Crippen molar-refractivity contribution in [1.29, 1.82) is 0 Å². The number of pyridine rings is 1. The summed E-state index contributed by atoms with van der Waals surface area (Å²) in [5, 5.41) is 13.5. The van der Waals surface area contributed by atoms with Crippen LogP contribution in [0.1, 0.15) is 28.4 Å². The maximum atomic E-state index is 13.3. The average molecular weight is 385 g/mol. The first-order valence-electron chi connectivity index (χ1n) is 10.0. The van der Waals surface area contributed by atoms with Crippen LogP contribution in [-0.4, -0.2) is 40.1 Å². The summed E-state index contributed by atoms with van der Waals surface area (Å²) in [6, 6.07) is 20.1. The van der Waals surface area contributed by atoms with Gasteiger partial charge in [0.25, 0.3) is 5.91 Å². The molecule has 0 unspecified atom stereocenters. The normalized spacial score (nSPS) is 22.5. The number of carbonyl (C=O) groups excluding carboxylic acids is 1. The molecule has 29 heavy (non-hydrogen) atoms. The summed E-state index contributed by atoms with van der Waals surface area (Å²) in [5.41, 5.74) is 5.01. The number of rotatable bonds is 3. The zero-order valence-corrected chi connectivity index (χ0v) is 16.0. The number of anilines is 1. The van der Waals surface area contributed by atoms with Crippen molar-refractivity contribution in [2.24, 2.45) is 5.92 Å². The smallest absolute Gasteiger partial charge is 0.255 e. The molecule has 2 aliphatic rings. The van der Waals surface area contributed by atoms with Crippen LogP contribution in [-0.2, 0) is 0 Å². The fourth-order valence-corrected chi connectivity index (χ4v) is 4.76. The molecule has 1 saturated heterocycles. The fourth-order valence-electron chi connectivity index (χ4n) is 4.76. The number of likely N-dealkylation sites (tertiary alicyclic amines) is 1. The SMILES string of the molecule is O=C(c1cccnc1)N1CC[C@H]2[C@H](CO)Nc3ccc(-c4ccccc4)cc3[C@H]21. The number of aliphatic hydroxyl groups excluding tert-OH is 1. The van der Waals surface area contributed by atoms with Crippen LogP contribution >= 0.6 is 0 Å². The molecule has 2 N–H and O–H groups in total. The third-order valence-corrected chi connectivity index (χ3v) is 6.15. The first kappa shape index (κ1) is 17.9. The highest BCUT2D eigenvalue weighted by Crippen LogP contribution is 2.47. The van der Waals surface area contributed by atoms with E-state index in [1.165, 1.54) is 0 Å². The van der Waals surface area contributed by atoms with Gasteiger partial charge in [-0.3, -0.25) is 9.78 Å². The van der Waals surface area contributed by atoms with Crippen LogP contribution in [0.25, 0.3) is 11.1 Å². The minimum atomic E-state index is -0.0558. The van der Waals surface area contributed by atoms with Crippen molar-refractivity contribution in [3.63, 3.8) is 0 Å². The van der Waals surface area contributed by atoms with E-state index in [1.807, 2.05) is 29.2 Å². The molecule has 3 heterocycles. The minimum Gasteiger partial charge on any atom is -0.394 e. The van der Waals surface area contributed by atoms with Gasteiger partial charge in [0.1, 0.15) is 0 Å². The number of benzene rings is 2. The first-order chi connectivity index (χ1) is 14.3. The lowest BCUT2D eigenvalue weighted by Gasteiger charge is -2.39. The molecule has 5 nitrogen and oxygen atoms in total. The summed E-state index contributed by atoms with van der Waals surface area (Å²) in [4.78, 5) is 19.3. The zero-order valence-electron chi connectivity index (χ0n) is 16.0. The highest BCUT2D eigenvalue weighted by Gasteiger charge is 2.45. The Balaban J connectivity index is 1.58. The Labute approximate surface area is 170 Å². The number of amides is 1. The van der Waals surface area contributed by atoms with E-state index >= 15 is 0 Å². The van der Waals surface area contributed by atoms with Crippen LogP contribution in [0.3, 0.4) is 0 Å².